The van der Waals surface area contributed by atoms with Crippen LogP contribution in [-0.2, 0) is 25.5 Å². The molecular weight excluding hydrogens is 494 g/mol. The zero-order valence-electron chi connectivity index (χ0n) is 18.4. The van der Waals surface area contributed by atoms with Crippen molar-refractivity contribution in [1.82, 2.24) is 10.7 Å². The maximum Gasteiger partial charge on any atom is 0.407 e. The minimum atomic E-state index is -0.867. The number of benzene rings is 2. The molecule has 0 unspecified atom stereocenters. The largest absolute Gasteiger partial charge is 0.481 e. The number of esters is 1. The number of halogens is 1. The van der Waals surface area contributed by atoms with E-state index in [4.69, 9.17) is 14.2 Å². The van der Waals surface area contributed by atoms with Crippen LogP contribution in [0.3, 0.4) is 0 Å². The second kappa shape index (κ2) is 13.9. The van der Waals surface area contributed by atoms with Crippen LogP contribution in [0.4, 0.5) is 4.79 Å². The van der Waals surface area contributed by atoms with Crippen LogP contribution >= 0.6 is 15.9 Å². The minimum Gasteiger partial charge on any atom is -0.481 e. The Morgan fingerprint density at radius 3 is 2.45 bits per heavy atom. The van der Waals surface area contributed by atoms with Crippen LogP contribution < -0.4 is 15.5 Å². The van der Waals surface area contributed by atoms with E-state index in [1.807, 2.05) is 30.3 Å². The fourth-order valence-electron chi connectivity index (χ4n) is 2.68. The van der Waals surface area contributed by atoms with E-state index in [0.29, 0.717) is 15.8 Å². The number of ether oxygens (including phenoxy) is 3. The predicted molar refractivity (Wildman–Crippen MR) is 126 cm³/mol. The Morgan fingerprint density at radius 1 is 1.06 bits per heavy atom. The zero-order valence-corrected chi connectivity index (χ0v) is 20.0. The highest BCUT2D eigenvalue weighted by atomic mass is 79.9. The lowest BCUT2D eigenvalue weighted by Gasteiger charge is -2.16. The molecule has 2 N–H and O–H groups in total. The maximum absolute atomic E-state index is 12.6. The molecular formula is C23H26BrN3O6. The Hall–Kier alpha value is -3.40. The summed E-state index contributed by atoms with van der Waals surface area (Å²) in [5.74, 6) is -0.485. The lowest BCUT2D eigenvalue weighted by molar-refractivity contribution is -0.145. The van der Waals surface area contributed by atoms with Crippen LogP contribution in [0, 0.1) is 0 Å². The van der Waals surface area contributed by atoms with E-state index in [1.54, 1.807) is 32.0 Å². The van der Waals surface area contributed by atoms with E-state index in [1.165, 1.54) is 6.21 Å². The molecule has 1 atom stereocenters. The Bertz CT molecular complexity index is 968. The van der Waals surface area contributed by atoms with Gasteiger partial charge in [0.25, 0.3) is 5.91 Å². The first-order chi connectivity index (χ1) is 15.9. The molecule has 10 heteroatoms. The van der Waals surface area contributed by atoms with Crippen molar-refractivity contribution in [2.24, 2.45) is 5.10 Å². The van der Waals surface area contributed by atoms with Gasteiger partial charge < -0.3 is 19.5 Å². The van der Waals surface area contributed by atoms with Crippen LogP contribution in [-0.4, -0.2) is 50.0 Å². The molecule has 2 rings (SSSR count). The number of rotatable bonds is 11. The third-order valence-corrected chi connectivity index (χ3v) is 4.78. The van der Waals surface area contributed by atoms with Gasteiger partial charge in [-0.05, 0) is 59.1 Å². The quantitative estimate of drug-likeness (QED) is 0.267. The van der Waals surface area contributed by atoms with Crippen molar-refractivity contribution in [2.45, 2.75) is 26.3 Å². The number of nitrogens with zero attached hydrogens (tertiary/aromatic N) is 1. The molecule has 0 saturated heterocycles. The number of hydrazone groups is 1. The number of hydrogen-bond donors (Lipinski definition) is 2. The van der Waals surface area contributed by atoms with Gasteiger partial charge in [0.05, 0.1) is 23.9 Å². The van der Waals surface area contributed by atoms with Gasteiger partial charge in [0.15, 0.2) is 6.61 Å². The smallest absolute Gasteiger partial charge is 0.407 e. The summed E-state index contributed by atoms with van der Waals surface area (Å²) < 4.78 is 15.7. The van der Waals surface area contributed by atoms with Gasteiger partial charge >= 0.3 is 12.1 Å². The van der Waals surface area contributed by atoms with Crippen molar-refractivity contribution < 1.29 is 28.6 Å². The molecule has 2 aromatic rings. The van der Waals surface area contributed by atoms with Gasteiger partial charge in [-0.25, -0.2) is 15.0 Å². The van der Waals surface area contributed by atoms with Crippen LogP contribution in [0.1, 0.15) is 25.0 Å². The van der Waals surface area contributed by atoms with Crippen LogP contribution in [0.15, 0.2) is 58.1 Å². The lowest BCUT2D eigenvalue weighted by atomic mass is 10.1. The lowest BCUT2D eigenvalue weighted by Crippen LogP contribution is -2.47. The van der Waals surface area contributed by atoms with Gasteiger partial charge in [-0.3, -0.25) is 4.79 Å². The fourth-order valence-corrected chi connectivity index (χ4v) is 3.19. The van der Waals surface area contributed by atoms with Gasteiger partial charge in [0.2, 0.25) is 0 Å². The molecule has 0 aliphatic rings. The van der Waals surface area contributed by atoms with E-state index >= 15 is 0 Å². The van der Waals surface area contributed by atoms with E-state index in [-0.39, 0.29) is 26.2 Å². The topological polar surface area (TPSA) is 115 Å². The Labute approximate surface area is 200 Å². The van der Waals surface area contributed by atoms with E-state index in [9.17, 15) is 14.4 Å². The number of alkyl carbamates (subject to hydrolysis) is 1. The molecule has 0 aliphatic carbocycles. The second-order valence-electron chi connectivity index (χ2n) is 6.62. The van der Waals surface area contributed by atoms with Gasteiger partial charge in [-0.2, -0.15) is 5.10 Å². The molecule has 0 aromatic heterocycles. The number of amides is 2. The van der Waals surface area contributed by atoms with Gasteiger partial charge in [-0.1, -0.05) is 30.3 Å². The highest BCUT2D eigenvalue weighted by Crippen LogP contribution is 2.25. The standard InChI is InChI=1S/C23H26BrN3O6/c1-3-31-21(28)15-33-20-11-10-17(12-18(20)24)14-25-27-22(29)19(26-23(30)32-4-2)13-16-8-6-5-7-9-16/h5-12,14,19H,3-4,13,15H2,1-2H3,(H,26,30)(H,27,29)/b25-14-/t19-/m1/s1. The first-order valence-electron chi connectivity index (χ1n) is 10.3. The van der Waals surface area contributed by atoms with Crippen molar-refractivity contribution in [3.8, 4) is 5.75 Å². The van der Waals surface area contributed by atoms with Crippen molar-refractivity contribution in [3.63, 3.8) is 0 Å². The molecule has 0 saturated carbocycles. The first kappa shape index (κ1) is 25.9. The molecule has 0 aliphatic heterocycles. The van der Waals surface area contributed by atoms with Gasteiger partial charge in [0.1, 0.15) is 11.8 Å². The second-order valence-corrected chi connectivity index (χ2v) is 7.48. The molecule has 0 radical (unpaired) electrons. The average molecular weight is 520 g/mol. The van der Waals surface area contributed by atoms with Gasteiger partial charge in [0, 0.05) is 6.42 Å². The third-order valence-electron chi connectivity index (χ3n) is 4.16. The summed E-state index contributed by atoms with van der Waals surface area (Å²) in [6.45, 7) is 3.68. The van der Waals surface area contributed by atoms with Gasteiger partial charge in [-0.15, -0.1) is 0 Å². The van der Waals surface area contributed by atoms with Crippen molar-refractivity contribution >= 4 is 40.1 Å². The number of carbonyl (C=O) groups is 3. The molecule has 9 nitrogen and oxygen atoms in total. The summed E-state index contributed by atoms with van der Waals surface area (Å²) in [5, 5.41) is 6.53. The normalized spacial score (nSPS) is 11.5. The molecule has 2 aromatic carbocycles. The molecule has 2 amide bonds. The number of carbonyl (C=O) groups excluding carboxylic acids is 3. The van der Waals surface area contributed by atoms with Crippen molar-refractivity contribution in [2.75, 3.05) is 19.8 Å². The highest BCUT2D eigenvalue weighted by molar-refractivity contribution is 9.10. The average Bonchev–Trinajstić information content (AvgIpc) is 2.79. The summed E-state index contributed by atoms with van der Waals surface area (Å²) in [5.41, 5.74) is 3.99. The third kappa shape index (κ3) is 9.32. The van der Waals surface area contributed by atoms with Crippen molar-refractivity contribution in [3.05, 3.63) is 64.1 Å². The molecule has 33 heavy (non-hydrogen) atoms. The van der Waals surface area contributed by atoms with Crippen LogP contribution in [0.25, 0.3) is 0 Å². The SMILES string of the molecule is CCOC(=O)COc1ccc(/C=N\NC(=O)[C@@H](Cc2ccccc2)NC(=O)OCC)cc1Br. The Balaban J connectivity index is 1.98. The van der Waals surface area contributed by atoms with Crippen LogP contribution in [0.5, 0.6) is 5.75 Å². The predicted octanol–water partition coefficient (Wildman–Crippen LogP) is 3.20. The summed E-state index contributed by atoms with van der Waals surface area (Å²) in [6, 6.07) is 13.5. The minimum absolute atomic E-state index is 0.192. The highest BCUT2D eigenvalue weighted by Gasteiger charge is 2.21. The van der Waals surface area contributed by atoms with Crippen molar-refractivity contribution in [1.29, 1.82) is 0 Å². The van der Waals surface area contributed by atoms with E-state index in [0.717, 1.165) is 5.56 Å². The molecule has 0 fully saturated rings. The van der Waals surface area contributed by atoms with E-state index < -0.39 is 24.0 Å². The van der Waals surface area contributed by atoms with Crippen LogP contribution in [0.2, 0.25) is 0 Å². The number of hydrogen-bond acceptors (Lipinski definition) is 7. The molecule has 0 heterocycles. The maximum atomic E-state index is 12.6. The summed E-state index contributed by atoms with van der Waals surface area (Å²) in [4.78, 5) is 35.9. The van der Waals surface area contributed by atoms with E-state index in [2.05, 4.69) is 31.8 Å². The number of nitrogens with one attached hydrogen (secondary N) is 2. The zero-order chi connectivity index (χ0) is 24.1. The Morgan fingerprint density at radius 2 is 1.79 bits per heavy atom. The first-order valence-corrected chi connectivity index (χ1v) is 11.1. The Kier molecular flexibility index (Phi) is 10.9. The molecule has 0 spiro atoms. The monoisotopic (exact) mass is 519 g/mol. The molecule has 176 valence electrons. The fraction of sp³-hybridized carbons (Fsp3) is 0.304. The summed E-state index contributed by atoms with van der Waals surface area (Å²) in [6.07, 6.45) is 1.04. The summed E-state index contributed by atoms with van der Waals surface area (Å²) >= 11 is 3.37. The molecule has 0 bridgehead atoms. The summed E-state index contributed by atoms with van der Waals surface area (Å²) in [7, 11) is 0.